The van der Waals surface area contributed by atoms with Gasteiger partial charge in [-0.15, -0.1) is 0 Å². The van der Waals surface area contributed by atoms with E-state index in [9.17, 15) is 8.42 Å². The number of anilines is 1. The molecule has 2 rings (SSSR count). The fourth-order valence-corrected chi connectivity index (χ4v) is 3.47. The molecule has 0 aliphatic carbocycles. The maximum atomic E-state index is 12.6. The lowest BCUT2D eigenvalue weighted by atomic mass is 10.2. The Bertz CT molecular complexity index is 750. The second-order valence-electron chi connectivity index (χ2n) is 4.39. The summed E-state index contributed by atoms with van der Waals surface area (Å²) in [7, 11) is -2.20. The van der Waals surface area contributed by atoms with Crippen LogP contribution >= 0.6 is 0 Å². The Morgan fingerprint density at radius 2 is 1.85 bits per heavy atom. The van der Waals surface area contributed by atoms with Gasteiger partial charge in [0.25, 0.3) is 10.0 Å². The summed E-state index contributed by atoms with van der Waals surface area (Å²) in [6.45, 7) is 3.31. The summed E-state index contributed by atoms with van der Waals surface area (Å²) in [4.78, 5) is 0.185. The van der Waals surface area contributed by atoms with Gasteiger partial charge in [-0.25, -0.2) is 8.42 Å². The molecule has 0 atom stereocenters. The highest BCUT2D eigenvalue weighted by molar-refractivity contribution is 7.92. The van der Waals surface area contributed by atoms with Gasteiger partial charge in [0.2, 0.25) is 0 Å². The molecule has 0 bridgehead atoms. The molecular weight excluding hydrogens is 276 g/mol. The van der Waals surface area contributed by atoms with Crippen LogP contribution in [0.2, 0.25) is 0 Å². The van der Waals surface area contributed by atoms with Crippen molar-refractivity contribution in [2.24, 2.45) is 0 Å². The van der Waals surface area contributed by atoms with E-state index in [-0.39, 0.29) is 4.90 Å². The topological polar surface area (TPSA) is 89.8 Å². The van der Waals surface area contributed by atoms with Crippen molar-refractivity contribution in [3.63, 3.8) is 0 Å². The molecule has 0 radical (unpaired) electrons. The number of aryl methyl sites for hydroxylation is 2. The highest BCUT2D eigenvalue weighted by atomic mass is 32.2. The number of benzene rings is 1. The van der Waals surface area contributed by atoms with E-state index in [1.54, 1.807) is 38.1 Å². The minimum atomic E-state index is -3.67. The fraction of sp³-hybridized carbons (Fsp3) is 0.231. The van der Waals surface area contributed by atoms with E-state index in [2.05, 4.69) is 10.2 Å². The molecule has 1 aromatic carbocycles. The molecule has 0 amide bonds. The van der Waals surface area contributed by atoms with Crippen LogP contribution in [-0.2, 0) is 10.0 Å². The molecule has 104 valence electrons. The van der Waals surface area contributed by atoms with Crippen molar-refractivity contribution in [3.8, 4) is 6.07 Å². The molecule has 20 heavy (non-hydrogen) atoms. The fourth-order valence-electron chi connectivity index (χ4n) is 1.94. The van der Waals surface area contributed by atoms with E-state index >= 15 is 0 Å². The van der Waals surface area contributed by atoms with Crippen LogP contribution in [-0.4, -0.2) is 25.7 Å². The first-order valence-electron chi connectivity index (χ1n) is 5.88. The standard InChI is InChI=1S/C13H14N4O2S/c1-9-13(10(2)16-15-9)20(18,19)17(3)12-6-4-11(8-14)5-7-12/h4-7H,1-3H3,(H,15,16). The Morgan fingerprint density at radius 3 is 2.30 bits per heavy atom. The molecule has 6 nitrogen and oxygen atoms in total. The molecule has 2 aromatic rings. The Balaban J connectivity index is 2.46. The molecule has 0 spiro atoms. The number of nitrogens with zero attached hydrogens (tertiary/aromatic N) is 3. The zero-order chi connectivity index (χ0) is 14.9. The van der Waals surface area contributed by atoms with Gasteiger partial charge in [0.1, 0.15) is 4.90 Å². The van der Waals surface area contributed by atoms with Crippen molar-refractivity contribution < 1.29 is 8.42 Å². The van der Waals surface area contributed by atoms with Crippen LogP contribution < -0.4 is 4.31 Å². The molecule has 1 N–H and O–H groups in total. The van der Waals surface area contributed by atoms with E-state index in [1.807, 2.05) is 6.07 Å². The maximum absolute atomic E-state index is 12.6. The van der Waals surface area contributed by atoms with Crippen molar-refractivity contribution in [2.75, 3.05) is 11.4 Å². The van der Waals surface area contributed by atoms with Crippen LogP contribution in [0.25, 0.3) is 0 Å². The van der Waals surface area contributed by atoms with Gasteiger partial charge in [-0.1, -0.05) is 0 Å². The lowest BCUT2D eigenvalue weighted by Gasteiger charge is -2.19. The maximum Gasteiger partial charge on any atom is 0.267 e. The van der Waals surface area contributed by atoms with Crippen LogP contribution in [0.3, 0.4) is 0 Å². The first-order valence-corrected chi connectivity index (χ1v) is 7.32. The van der Waals surface area contributed by atoms with Crippen molar-refractivity contribution in [1.29, 1.82) is 5.26 Å². The quantitative estimate of drug-likeness (QED) is 0.932. The van der Waals surface area contributed by atoms with E-state index in [0.717, 1.165) is 0 Å². The third-order valence-electron chi connectivity index (χ3n) is 3.04. The van der Waals surface area contributed by atoms with Gasteiger partial charge in [-0.2, -0.15) is 10.4 Å². The molecule has 0 unspecified atom stereocenters. The zero-order valence-electron chi connectivity index (χ0n) is 11.4. The van der Waals surface area contributed by atoms with Gasteiger partial charge in [0.05, 0.1) is 28.7 Å². The second-order valence-corrected chi connectivity index (χ2v) is 6.30. The minimum absolute atomic E-state index is 0.185. The number of nitriles is 1. The molecular formula is C13H14N4O2S. The Labute approximate surface area is 117 Å². The Morgan fingerprint density at radius 1 is 1.25 bits per heavy atom. The lowest BCUT2D eigenvalue weighted by Crippen LogP contribution is -2.27. The molecule has 0 fully saturated rings. The number of aromatic nitrogens is 2. The molecule has 7 heteroatoms. The SMILES string of the molecule is Cc1n[nH]c(C)c1S(=O)(=O)N(C)c1ccc(C#N)cc1. The van der Waals surface area contributed by atoms with Crippen LogP contribution in [0.1, 0.15) is 17.0 Å². The smallest absolute Gasteiger partial charge is 0.267 e. The van der Waals surface area contributed by atoms with Gasteiger partial charge >= 0.3 is 0 Å². The number of hydrogen-bond donors (Lipinski definition) is 1. The number of H-pyrrole nitrogens is 1. The molecule has 0 saturated heterocycles. The van der Waals surface area contributed by atoms with Crippen molar-refractivity contribution >= 4 is 15.7 Å². The first kappa shape index (κ1) is 14.1. The number of nitrogens with one attached hydrogen (secondary N) is 1. The summed E-state index contributed by atoms with van der Waals surface area (Å²) in [6.07, 6.45) is 0. The summed E-state index contributed by atoms with van der Waals surface area (Å²) in [5, 5.41) is 15.3. The predicted octanol–water partition coefficient (Wildman–Crippen LogP) is 1.72. The van der Waals surface area contributed by atoms with Gasteiger partial charge in [-0.3, -0.25) is 9.40 Å². The minimum Gasteiger partial charge on any atom is -0.281 e. The van der Waals surface area contributed by atoms with Gasteiger partial charge < -0.3 is 0 Å². The molecule has 1 aromatic heterocycles. The van der Waals surface area contributed by atoms with Crippen LogP contribution in [0.15, 0.2) is 29.2 Å². The van der Waals surface area contributed by atoms with Crippen molar-refractivity contribution in [2.45, 2.75) is 18.7 Å². The van der Waals surface area contributed by atoms with Crippen molar-refractivity contribution in [3.05, 3.63) is 41.2 Å². The summed E-state index contributed by atoms with van der Waals surface area (Å²) in [5.74, 6) is 0. The average Bonchev–Trinajstić information content (AvgIpc) is 2.78. The largest absolute Gasteiger partial charge is 0.281 e. The monoisotopic (exact) mass is 290 g/mol. The number of sulfonamides is 1. The van der Waals surface area contributed by atoms with E-state index in [1.165, 1.54) is 11.4 Å². The Hall–Kier alpha value is -2.33. The normalized spacial score (nSPS) is 11.1. The molecule has 1 heterocycles. The summed E-state index contributed by atoms with van der Waals surface area (Å²) in [6, 6.07) is 8.35. The van der Waals surface area contributed by atoms with E-state index < -0.39 is 10.0 Å². The first-order chi connectivity index (χ1) is 9.37. The van der Waals surface area contributed by atoms with Crippen LogP contribution in [0.5, 0.6) is 0 Å². The zero-order valence-corrected chi connectivity index (χ0v) is 12.2. The van der Waals surface area contributed by atoms with Gasteiger partial charge in [0, 0.05) is 7.05 Å². The van der Waals surface area contributed by atoms with Gasteiger partial charge in [-0.05, 0) is 38.1 Å². The number of hydrogen-bond acceptors (Lipinski definition) is 4. The summed E-state index contributed by atoms with van der Waals surface area (Å²) in [5.41, 5.74) is 1.91. The lowest BCUT2D eigenvalue weighted by molar-refractivity contribution is 0.593. The van der Waals surface area contributed by atoms with Crippen LogP contribution in [0.4, 0.5) is 5.69 Å². The van der Waals surface area contributed by atoms with E-state index in [4.69, 9.17) is 5.26 Å². The number of aromatic amines is 1. The highest BCUT2D eigenvalue weighted by Gasteiger charge is 2.27. The summed E-state index contributed by atoms with van der Waals surface area (Å²) < 4.78 is 26.4. The Kier molecular flexibility index (Phi) is 3.51. The number of rotatable bonds is 3. The molecule has 0 aliphatic rings. The highest BCUT2D eigenvalue weighted by Crippen LogP contribution is 2.25. The predicted molar refractivity (Wildman–Crippen MR) is 74.8 cm³/mol. The molecule has 0 saturated carbocycles. The van der Waals surface area contributed by atoms with Gasteiger partial charge in [0.15, 0.2) is 0 Å². The third-order valence-corrected chi connectivity index (χ3v) is 5.09. The average molecular weight is 290 g/mol. The molecule has 0 aliphatic heterocycles. The summed E-state index contributed by atoms with van der Waals surface area (Å²) >= 11 is 0. The van der Waals surface area contributed by atoms with Crippen molar-refractivity contribution in [1.82, 2.24) is 10.2 Å². The second kappa shape index (κ2) is 4.98. The third kappa shape index (κ3) is 2.26. The van der Waals surface area contributed by atoms with Crippen LogP contribution in [0, 0.1) is 25.2 Å². The van der Waals surface area contributed by atoms with E-state index in [0.29, 0.717) is 22.6 Å².